The average Bonchev–Trinajstić information content (AvgIpc) is 2.70. The van der Waals surface area contributed by atoms with E-state index in [1.807, 2.05) is 32.9 Å². The minimum atomic E-state index is -0.301. The van der Waals surface area contributed by atoms with Gasteiger partial charge in [0.25, 0.3) is 0 Å². The van der Waals surface area contributed by atoms with Gasteiger partial charge in [-0.2, -0.15) is 0 Å². The largest absolute Gasteiger partial charge is 0.466 e. The first-order valence-corrected chi connectivity index (χ1v) is 6.73. The molecule has 108 valence electrons. The number of carbonyl (C=O) groups excluding carboxylic acids is 1. The normalized spacial score (nSPS) is 12.5. The fraction of sp³-hybridized carbons (Fsp3) is 0.667. The molecule has 1 heterocycles. The molecule has 3 N–H and O–H groups in total. The van der Waals surface area contributed by atoms with Gasteiger partial charge in [-0.15, -0.1) is 0 Å². The molecule has 0 atom stereocenters. The van der Waals surface area contributed by atoms with Crippen molar-refractivity contribution < 1.29 is 9.21 Å². The number of hydrogen-bond donors (Lipinski definition) is 2. The second kappa shape index (κ2) is 5.78. The Morgan fingerprint density at radius 2 is 1.95 bits per heavy atom. The van der Waals surface area contributed by atoms with Gasteiger partial charge in [0.2, 0.25) is 5.91 Å². The van der Waals surface area contributed by atoms with Crippen molar-refractivity contribution in [2.75, 3.05) is 6.54 Å². The summed E-state index contributed by atoms with van der Waals surface area (Å²) in [7, 11) is 0. The molecule has 0 fully saturated rings. The van der Waals surface area contributed by atoms with Crippen molar-refractivity contribution in [2.45, 2.75) is 58.4 Å². The second-order valence-electron chi connectivity index (χ2n) is 6.56. The van der Waals surface area contributed by atoms with Crippen LogP contribution >= 0.6 is 0 Å². The van der Waals surface area contributed by atoms with Crippen LogP contribution < -0.4 is 11.1 Å². The highest BCUT2D eigenvalue weighted by Crippen LogP contribution is 2.24. The smallest absolute Gasteiger partial charge is 0.220 e. The third-order valence-corrected chi connectivity index (χ3v) is 3.13. The van der Waals surface area contributed by atoms with Gasteiger partial charge in [0.05, 0.1) is 0 Å². The van der Waals surface area contributed by atoms with Gasteiger partial charge >= 0.3 is 0 Å². The lowest BCUT2D eigenvalue weighted by Gasteiger charge is -2.23. The first-order valence-electron chi connectivity index (χ1n) is 6.73. The molecule has 1 rings (SSSR count). The minimum absolute atomic E-state index is 0.0369. The molecule has 0 saturated carbocycles. The minimum Gasteiger partial charge on any atom is -0.466 e. The first-order chi connectivity index (χ1) is 8.60. The van der Waals surface area contributed by atoms with Crippen molar-refractivity contribution in [1.29, 1.82) is 0 Å². The van der Waals surface area contributed by atoms with Gasteiger partial charge in [-0.1, -0.05) is 13.8 Å². The molecule has 0 spiro atoms. The van der Waals surface area contributed by atoms with Crippen LogP contribution in [0.5, 0.6) is 0 Å². The number of amides is 1. The van der Waals surface area contributed by atoms with Crippen LogP contribution in [0.1, 0.15) is 52.1 Å². The maximum absolute atomic E-state index is 11.8. The summed E-state index contributed by atoms with van der Waals surface area (Å²) < 4.78 is 5.62. The lowest BCUT2D eigenvalue weighted by molar-refractivity contribution is -0.121. The number of rotatable bonds is 6. The molecule has 4 nitrogen and oxygen atoms in total. The van der Waals surface area contributed by atoms with Gasteiger partial charge in [-0.05, 0) is 39.3 Å². The average molecular weight is 266 g/mol. The maximum Gasteiger partial charge on any atom is 0.220 e. The lowest BCUT2D eigenvalue weighted by atomic mass is 9.90. The molecule has 1 amide bonds. The van der Waals surface area contributed by atoms with Crippen LogP contribution in [0.4, 0.5) is 0 Å². The SMILES string of the molecule is Cc1ccc(C(C)(C)CNC(=O)CCC(C)(C)N)o1. The van der Waals surface area contributed by atoms with E-state index in [1.54, 1.807) is 0 Å². The quantitative estimate of drug-likeness (QED) is 0.831. The number of aryl methyl sites for hydroxylation is 1. The Labute approximate surface area is 115 Å². The van der Waals surface area contributed by atoms with E-state index in [0.29, 0.717) is 19.4 Å². The van der Waals surface area contributed by atoms with E-state index in [0.717, 1.165) is 11.5 Å². The summed E-state index contributed by atoms with van der Waals surface area (Å²) in [6.07, 6.45) is 1.13. The summed E-state index contributed by atoms with van der Waals surface area (Å²) >= 11 is 0. The van der Waals surface area contributed by atoms with Gasteiger partial charge in [-0.25, -0.2) is 0 Å². The highest BCUT2D eigenvalue weighted by molar-refractivity contribution is 5.76. The summed E-state index contributed by atoms with van der Waals surface area (Å²) in [6, 6.07) is 3.90. The zero-order valence-electron chi connectivity index (χ0n) is 12.7. The van der Waals surface area contributed by atoms with Gasteiger partial charge < -0.3 is 15.5 Å². The number of nitrogens with one attached hydrogen (secondary N) is 1. The standard InChI is InChI=1S/C15H26N2O2/c1-11-6-7-12(19-11)14(2,3)10-17-13(18)8-9-15(4,5)16/h6-7H,8-10,16H2,1-5H3,(H,17,18). The second-order valence-corrected chi connectivity index (χ2v) is 6.56. The number of furan rings is 1. The van der Waals surface area contributed by atoms with Crippen molar-refractivity contribution in [1.82, 2.24) is 5.32 Å². The van der Waals surface area contributed by atoms with Crippen molar-refractivity contribution in [3.8, 4) is 0 Å². The first kappa shape index (κ1) is 15.8. The van der Waals surface area contributed by atoms with E-state index < -0.39 is 0 Å². The van der Waals surface area contributed by atoms with Crippen molar-refractivity contribution >= 4 is 5.91 Å². The third kappa shape index (κ3) is 5.47. The van der Waals surface area contributed by atoms with Gasteiger partial charge in [-0.3, -0.25) is 4.79 Å². The van der Waals surface area contributed by atoms with E-state index in [4.69, 9.17) is 10.2 Å². The van der Waals surface area contributed by atoms with Crippen molar-refractivity contribution in [2.24, 2.45) is 5.73 Å². The number of carbonyl (C=O) groups is 1. The number of hydrogen-bond acceptors (Lipinski definition) is 3. The lowest BCUT2D eigenvalue weighted by Crippen LogP contribution is -2.38. The van der Waals surface area contributed by atoms with Crippen molar-refractivity contribution in [3.63, 3.8) is 0 Å². The Bertz CT molecular complexity index is 428. The molecule has 0 unspecified atom stereocenters. The molecule has 1 aromatic rings. The molecular formula is C15H26N2O2. The molecule has 0 aliphatic heterocycles. The molecule has 0 aliphatic rings. The molecule has 0 aliphatic carbocycles. The predicted octanol–water partition coefficient (Wildman–Crippen LogP) is 2.50. The fourth-order valence-corrected chi connectivity index (χ4v) is 1.73. The molecule has 0 bridgehead atoms. The van der Waals surface area contributed by atoms with E-state index in [-0.39, 0.29) is 16.9 Å². The van der Waals surface area contributed by atoms with Crippen LogP contribution in [0.15, 0.2) is 16.5 Å². The molecule has 1 aromatic heterocycles. The van der Waals surface area contributed by atoms with Crippen LogP contribution in [-0.4, -0.2) is 18.0 Å². The molecule has 4 heteroatoms. The van der Waals surface area contributed by atoms with Gasteiger partial charge in [0.1, 0.15) is 11.5 Å². The molecule has 0 aromatic carbocycles. The Morgan fingerprint density at radius 3 is 2.42 bits per heavy atom. The van der Waals surface area contributed by atoms with Crippen LogP contribution in [0.25, 0.3) is 0 Å². The van der Waals surface area contributed by atoms with Crippen molar-refractivity contribution in [3.05, 3.63) is 23.7 Å². The topological polar surface area (TPSA) is 68.3 Å². The van der Waals surface area contributed by atoms with E-state index in [2.05, 4.69) is 19.2 Å². The molecule has 19 heavy (non-hydrogen) atoms. The van der Waals surface area contributed by atoms with Crippen LogP contribution in [-0.2, 0) is 10.2 Å². The zero-order valence-corrected chi connectivity index (χ0v) is 12.7. The summed E-state index contributed by atoms with van der Waals surface area (Å²) in [6.45, 7) is 10.4. The highest BCUT2D eigenvalue weighted by atomic mass is 16.3. The van der Waals surface area contributed by atoms with E-state index in [1.165, 1.54) is 0 Å². The van der Waals surface area contributed by atoms with E-state index in [9.17, 15) is 4.79 Å². The van der Waals surface area contributed by atoms with Crippen LogP contribution in [0, 0.1) is 6.92 Å². The molecular weight excluding hydrogens is 240 g/mol. The van der Waals surface area contributed by atoms with Gasteiger partial charge in [0.15, 0.2) is 0 Å². The van der Waals surface area contributed by atoms with E-state index >= 15 is 0 Å². The van der Waals surface area contributed by atoms with Crippen LogP contribution in [0.3, 0.4) is 0 Å². The monoisotopic (exact) mass is 266 g/mol. The number of nitrogens with two attached hydrogens (primary N) is 1. The summed E-state index contributed by atoms with van der Waals surface area (Å²) in [5.74, 6) is 1.82. The Hall–Kier alpha value is -1.29. The summed E-state index contributed by atoms with van der Waals surface area (Å²) in [5.41, 5.74) is 5.36. The van der Waals surface area contributed by atoms with Gasteiger partial charge in [0, 0.05) is 23.9 Å². The zero-order chi connectivity index (χ0) is 14.7. The summed E-state index contributed by atoms with van der Waals surface area (Å²) in [4.78, 5) is 11.8. The predicted molar refractivity (Wildman–Crippen MR) is 77.0 cm³/mol. The summed E-state index contributed by atoms with van der Waals surface area (Å²) in [5, 5.41) is 2.95. The third-order valence-electron chi connectivity index (χ3n) is 3.13. The fourth-order valence-electron chi connectivity index (χ4n) is 1.73. The Balaban J connectivity index is 2.45. The maximum atomic E-state index is 11.8. The Kier molecular flexibility index (Phi) is 4.80. The van der Waals surface area contributed by atoms with Crippen LogP contribution in [0.2, 0.25) is 0 Å². The highest BCUT2D eigenvalue weighted by Gasteiger charge is 2.25. The Morgan fingerprint density at radius 1 is 1.32 bits per heavy atom. The molecule has 0 radical (unpaired) electrons. The molecule has 0 saturated heterocycles.